The Bertz CT molecular complexity index is 861. The molecule has 5 heteroatoms. The van der Waals surface area contributed by atoms with Crippen LogP contribution in [0.15, 0.2) is 42.1 Å². The molecule has 1 heterocycles. The molecular weight excluding hydrogens is 324 g/mol. The number of nitrogens with zero attached hydrogens (tertiary/aromatic N) is 4. The Labute approximate surface area is 153 Å². The number of rotatable bonds is 6. The molecule has 3 saturated carbocycles. The van der Waals surface area contributed by atoms with Crippen LogP contribution in [-0.2, 0) is 10.4 Å². The second kappa shape index (κ2) is 6.28. The molecule has 5 nitrogen and oxygen atoms in total. The molecule has 0 aliphatic heterocycles. The third-order valence-corrected chi connectivity index (χ3v) is 5.34. The normalized spacial score (nSPS) is 21.0. The van der Waals surface area contributed by atoms with Gasteiger partial charge in [-0.15, -0.1) is 0 Å². The minimum atomic E-state index is -0.221. The van der Waals surface area contributed by atoms with Gasteiger partial charge in [-0.1, -0.05) is 29.1 Å². The van der Waals surface area contributed by atoms with E-state index in [1.54, 1.807) is 12.7 Å². The van der Waals surface area contributed by atoms with Gasteiger partial charge in [-0.3, -0.25) is 0 Å². The number of hydrogen-bond acceptors (Lipinski definition) is 4. The van der Waals surface area contributed by atoms with Crippen LogP contribution in [0, 0.1) is 23.7 Å². The maximum atomic E-state index is 5.71. The van der Waals surface area contributed by atoms with E-state index in [2.05, 4.69) is 51.3 Å². The summed E-state index contributed by atoms with van der Waals surface area (Å²) in [6.45, 7) is 0.710. The van der Waals surface area contributed by atoms with Crippen LogP contribution in [0.4, 0.5) is 0 Å². The van der Waals surface area contributed by atoms with Crippen LogP contribution in [0.5, 0.6) is 0 Å². The molecule has 1 aromatic heterocycles. The van der Waals surface area contributed by atoms with E-state index in [-0.39, 0.29) is 5.54 Å². The van der Waals surface area contributed by atoms with E-state index in [0.29, 0.717) is 18.4 Å². The number of aromatic nitrogens is 3. The molecule has 0 bridgehead atoms. The van der Waals surface area contributed by atoms with E-state index < -0.39 is 0 Å². The lowest BCUT2D eigenvalue weighted by Crippen LogP contribution is -2.29. The SMILES string of the molecule is C(#CC1CC1)c1ccc(C(=NOCC2CC2)C2(n3cncn3)CC2)cc1. The molecule has 3 aliphatic carbocycles. The zero-order valence-corrected chi connectivity index (χ0v) is 14.8. The molecule has 0 amide bonds. The molecule has 0 N–H and O–H groups in total. The summed E-state index contributed by atoms with van der Waals surface area (Å²) in [6.07, 6.45) is 10.4. The highest BCUT2D eigenvalue weighted by atomic mass is 16.6. The Balaban J connectivity index is 1.42. The van der Waals surface area contributed by atoms with Gasteiger partial charge >= 0.3 is 0 Å². The third-order valence-electron chi connectivity index (χ3n) is 5.34. The lowest BCUT2D eigenvalue weighted by Gasteiger charge is -2.18. The maximum absolute atomic E-state index is 5.71. The monoisotopic (exact) mass is 346 g/mol. The Morgan fingerprint density at radius 2 is 2.00 bits per heavy atom. The summed E-state index contributed by atoms with van der Waals surface area (Å²) in [5.74, 6) is 7.88. The Kier molecular flexibility index (Phi) is 3.77. The largest absolute Gasteiger partial charge is 0.395 e. The van der Waals surface area contributed by atoms with Crippen LogP contribution < -0.4 is 0 Å². The van der Waals surface area contributed by atoms with Gasteiger partial charge in [0.2, 0.25) is 0 Å². The summed E-state index contributed by atoms with van der Waals surface area (Å²) in [6, 6.07) is 8.37. The Morgan fingerprint density at radius 1 is 1.19 bits per heavy atom. The van der Waals surface area contributed by atoms with Crippen molar-refractivity contribution in [1.82, 2.24) is 14.8 Å². The lowest BCUT2D eigenvalue weighted by atomic mass is 10.00. The topological polar surface area (TPSA) is 52.3 Å². The second-order valence-corrected chi connectivity index (χ2v) is 7.67. The summed E-state index contributed by atoms with van der Waals surface area (Å²) in [4.78, 5) is 9.84. The first-order valence-electron chi connectivity index (χ1n) is 9.51. The summed E-state index contributed by atoms with van der Waals surface area (Å²) < 4.78 is 1.92. The van der Waals surface area contributed by atoms with E-state index in [0.717, 1.165) is 29.7 Å². The highest BCUT2D eigenvalue weighted by Crippen LogP contribution is 2.46. The first-order chi connectivity index (χ1) is 12.8. The zero-order valence-electron chi connectivity index (χ0n) is 14.8. The van der Waals surface area contributed by atoms with Gasteiger partial charge in [0.05, 0.1) is 0 Å². The molecule has 3 fully saturated rings. The zero-order chi connectivity index (χ0) is 17.4. The number of hydrogen-bond donors (Lipinski definition) is 0. The van der Waals surface area contributed by atoms with Crippen molar-refractivity contribution in [2.24, 2.45) is 17.0 Å². The fourth-order valence-corrected chi connectivity index (χ4v) is 3.14. The van der Waals surface area contributed by atoms with E-state index in [9.17, 15) is 0 Å². The van der Waals surface area contributed by atoms with Crippen molar-refractivity contribution in [1.29, 1.82) is 0 Å². The minimum Gasteiger partial charge on any atom is -0.395 e. The third kappa shape index (κ3) is 3.24. The summed E-state index contributed by atoms with van der Waals surface area (Å²) in [7, 11) is 0. The quantitative estimate of drug-likeness (QED) is 0.458. The van der Waals surface area contributed by atoms with Gasteiger partial charge in [0.1, 0.15) is 30.5 Å². The van der Waals surface area contributed by atoms with Crippen LogP contribution in [-0.4, -0.2) is 27.1 Å². The smallest absolute Gasteiger partial charge is 0.137 e. The van der Waals surface area contributed by atoms with Gasteiger partial charge in [-0.05, 0) is 56.6 Å². The van der Waals surface area contributed by atoms with Gasteiger partial charge in [0, 0.05) is 17.0 Å². The van der Waals surface area contributed by atoms with Crippen LogP contribution in [0.2, 0.25) is 0 Å². The number of benzene rings is 1. The predicted octanol–water partition coefficient (Wildman–Crippen LogP) is 3.36. The molecule has 0 atom stereocenters. The van der Waals surface area contributed by atoms with Crippen LogP contribution in [0.3, 0.4) is 0 Å². The molecule has 1 aromatic carbocycles. The predicted molar refractivity (Wildman–Crippen MR) is 98.5 cm³/mol. The van der Waals surface area contributed by atoms with Gasteiger partial charge in [-0.2, -0.15) is 5.10 Å². The highest BCUT2D eigenvalue weighted by molar-refractivity contribution is 6.07. The van der Waals surface area contributed by atoms with Gasteiger partial charge in [-0.25, -0.2) is 9.67 Å². The first kappa shape index (κ1) is 15.6. The second-order valence-electron chi connectivity index (χ2n) is 7.67. The summed E-state index contributed by atoms with van der Waals surface area (Å²) >= 11 is 0. The van der Waals surface area contributed by atoms with E-state index >= 15 is 0 Å². The lowest BCUT2D eigenvalue weighted by molar-refractivity contribution is 0.132. The van der Waals surface area contributed by atoms with Crippen molar-refractivity contribution >= 4 is 5.71 Å². The van der Waals surface area contributed by atoms with Crippen molar-refractivity contribution < 1.29 is 4.84 Å². The van der Waals surface area contributed by atoms with E-state index in [1.165, 1.54) is 25.7 Å². The molecule has 0 radical (unpaired) electrons. The van der Waals surface area contributed by atoms with Crippen molar-refractivity contribution in [2.75, 3.05) is 6.61 Å². The summed E-state index contributed by atoms with van der Waals surface area (Å²) in [5.41, 5.74) is 2.86. The van der Waals surface area contributed by atoms with Crippen molar-refractivity contribution in [2.45, 2.75) is 44.1 Å². The van der Waals surface area contributed by atoms with E-state index in [4.69, 9.17) is 4.84 Å². The fraction of sp³-hybridized carbons (Fsp3) is 0.476. The average Bonchev–Trinajstić information content (AvgIpc) is 3.56. The molecule has 132 valence electrons. The van der Waals surface area contributed by atoms with Crippen LogP contribution in [0.25, 0.3) is 0 Å². The molecular formula is C21H22N4O. The summed E-state index contributed by atoms with van der Waals surface area (Å²) in [5, 5.41) is 8.94. The molecule has 5 rings (SSSR count). The Hall–Kier alpha value is -2.61. The maximum Gasteiger partial charge on any atom is 0.137 e. The standard InChI is InChI=1S/C21H22N4O/c1-2-16(1)3-4-17-7-9-19(10-8-17)20(24-26-13-18-5-6-18)21(11-12-21)25-15-22-14-23-25/h7-10,14-16,18H,1-2,5-6,11-13H2. The minimum absolute atomic E-state index is 0.221. The Morgan fingerprint density at radius 3 is 2.62 bits per heavy atom. The molecule has 3 aliphatic rings. The van der Waals surface area contributed by atoms with Gasteiger partial charge in [0.15, 0.2) is 0 Å². The van der Waals surface area contributed by atoms with Gasteiger partial charge < -0.3 is 4.84 Å². The highest BCUT2D eigenvalue weighted by Gasteiger charge is 2.51. The van der Waals surface area contributed by atoms with Crippen molar-refractivity contribution in [3.05, 3.63) is 48.0 Å². The number of oxime groups is 1. The molecule has 2 aromatic rings. The fourth-order valence-electron chi connectivity index (χ4n) is 3.14. The van der Waals surface area contributed by atoms with Crippen molar-refractivity contribution in [3.63, 3.8) is 0 Å². The van der Waals surface area contributed by atoms with Crippen molar-refractivity contribution in [3.8, 4) is 11.8 Å². The molecule has 0 unspecified atom stereocenters. The van der Waals surface area contributed by atoms with Crippen LogP contribution in [0.1, 0.15) is 49.7 Å². The average molecular weight is 346 g/mol. The molecule has 0 spiro atoms. The molecule has 26 heavy (non-hydrogen) atoms. The van der Waals surface area contributed by atoms with Crippen LogP contribution >= 0.6 is 0 Å². The van der Waals surface area contributed by atoms with Gasteiger partial charge in [0.25, 0.3) is 0 Å². The van der Waals surface area contributed by atoms with E-state index in [1.807, 2.05) is 4.68 Å². The first-order valence-corrected chi connectivity index (χ1v) is 9.51. The molecule has 0 saturated heterocycles.